The first kappa shape index (κ1) is 25.1. The zero-order valence-electron chi connectivity index (χ0n) is 19.6. The van der Waals surface area contributed by atoms with E-state index < -0.39 is 17.6 Å². The van der Waals surface area contributed by atoms with Crippen molar-refractivity contribution >= 4 is 22.4 Å². The summed E-state index contributed by atoms with van der Waals surface area (Å²) in [5.41, 5.74) is 1.72. The van der Waals surface area contributed by atoms with Gasteiger partial charge in [0.1, 0.15) is 23.7 Å². The average molecular weight is 497 g/mol. The van der Waals surface area contributed by atoms with E-state index in [0.717, 1.165) is 17.8 Å². The summed E-state index contributed by atoms with van der Waals surface area (Å²) >= 11 is 0. The Morgan fingerprint density at radius 2 is 1.72 bits per heavy atom. The van der Waals surface area contributed by atoms with Gasteiger partial charge in [0, 0.05) is 38.7 Å². The number of benzene rings is 3. The van der Waals surface area contributed by atoms with E-state index in [1.165, 1.54) is 30.6 Å². The van der Waals surface area contributed by atoms with Gasteiger partial charge in [0.2, 0.25) is 5.88 Å². The van der Waals surface area contributed by atoms with Crippen LogP contribution in [0.3, 0.4) is 0 Å². The fourth-order valence-electron chi connectivity index (χ4n) is 3.67. The normalized spacial score (nSPS) is 11.5. The second kappa shape index (κ2) is 10.3. The van der Waals surface area contributed by atoms with Crippen molar-refractivity contribution in [3.63, 3.8) is 0 Å². The van der Waals surface area contributed by atoms with E-state index in [2.05, 4.69) is 9.97 Å². The number of alkyl halides is 3. The van der Waals surface area contributed by atoms with E-state index in [4.69, 9.17) is 4.74 Å². The standard InChI is InChI=1S/C27H23F4N3O2/c1-34(2)20-9-12-23-25(14-20)32-16-33-26(23)36-22-11-6-18(24(28)15-22)13-21(35)10-5-17-3-7-19(8-4-17)27(29,30)31/h3-4,6-9,11-12,14-16H,5,10,13H2,1-2H3. The Morgan fingerprint density at radius 1 is 0.972 bits per heavy atom. The molecule has 0 unspecified atom stereocenters. The molecular weight excluding hydrogens is 474 g/mol. The number of hydrogen-bond acceptors (Lipinski definition) is 5. The first-order valence-electron chi connectivity index (χ1n) is 11.2. The van der Waals surface area contributed by atoms with Crippen LogP contribution in [0.1, 0.15) is 23.1 Å². The van der Waals surface area contributed by atoms with E-state index in [1.54, 1.807) is 6.07 Å². The topological polar surface area (TPSA) is 55.3 Å². The lowest BCUT2D eigenvalue weighted by Gasteiger charge is -2.14. The minimum atomic E-state index is -4.40. The number of fused-ring (bicyclic) bond motifs is 1. The molecule has 1 aromatic heterocycles. The maximum atomic E-state index is 14.7. The van der Waals surface area contributed by atoms with Crippen LogP contribution in [-0.4, -0.2) is 29.8 Å². The molecule has 0 aliphatic heterocycles. The molecular formula is C27H23F4N3O2. The molecule has 0 fully saturated rings. The van der Waals surface area contributed by atoms with Gasteiger partial charge in [0.05, 0.1) is 16.5 Å². The van der Waals surface area contributed by atoms with E-state index in [9.17, 15) is 22.4 Å². The number of halogens is 4. The summed E-state index contributed by atoms with van der Waals surface area (Å²) in [7, 11) is 3.84. The Morgan fingerprint density at radius 3 is 2.39 bits per heavy atom. The van der Waals surface area contributed by atoms with Gasteiger partial charge in [-0.05, 0) is 53.9 Å². The number of rotatable bonds is 8. The highest BCUT2D eigenvalue weighted by Crippen LogP contribution is 2.31. The predicted octanol–water partition coefficient (Wildman–Crippen LogP) is 6.39. The van der Waals surface area contributed by atoms with Crippen molar-refractivity contribution in [2.75, 3.05) is 19.0 Å². The van der Waals surface area contributed by atoms with Gasteiger partial charge in [-0.3, -0.25) is 4.79 Å². The molecule has 4 rings (SSSR count). The van der Waals surface area contributed by atoms with Crippen molar-refractivity contribution in [3.05, 3.63) is 89.5 Å². The summed E-state index contributed by atoms with van der Waals surface area (Å²) < 4.78 is 58.5. The van der Waals surface area contributed by atoms with Crippen LogP contribution < -0.4 is 9.64 Å². The predicted molar refractivity (Wildman–Crippen MR) is 129 cm³/mol. The number of ether oxygens (including phenoxy) is 1. The van der Waals surface area contributed by atoms with Crippen molar-refractivity contribution in [1.29, 1.82) is 0 Å². The summed E-state index contributed by atoms with van der Waals surface area (Å²) in [5, 5.41) is 0.672. The fourth-order valence-corrected chi connectivity index (χ4v) is 3.67. The van der Waals surface area contributed by atoms with Crippen molar-refractivity contribution < 1.29 is 27.1 Å². The van der Waals surface area contributed by atoms with Crippen LogP contribution in [0, 0.1) is 5.82 Å². The van der Waals surface area contributed by atoms with Gasteiger partial charge in [0.15, 0.2) is 0 Å². The molecule has 0 radical (unpaired) electrons. The molecule has 0 N–H and O–H groups in total. The third-order valence-corrected chi connectivity index (χ3v) is 5.70. The Labute approximate surface area is 205 Å². The molecule has 5 nitrogen and oxygen atoms in total. The lowest BCUT2D eigenvalue weighted by atomic mass is 10.0. The highest BCUT2D eigenvalue weighted by Gasteiger charge is 2.29. The molecule has 186 valence electrons. The number of carbonyl (C=O) groups is 1. The Kier molecular flexibility index (Phi) is 7.19. The first-order valence-corrected chi connectivity index (χ1v) is 11.2. The maximum Gasteiger partial charge on any atom is 0.416 e. The van der Waals surface area contributed by atoms with Crippen LogP contribution in [-0.2, 0) is 23.8 Å². The van der Waals surface area contributed by atoms with Crippen molar-refractivity contribution in [2.24, 2.45) is 0 Å². The molecule has 0 saturated heterocycles. The van der Waals surface area contributed by atoms with Crippen LogP contribution in [0.4, 0.5) is 23.2 Å². The van der Waals surface area contributed by atoms with Gasteiger partial charge in [-0.2, -0.15) is 13.2 Å². The van der Waals surface area contributed by atoms with E-state index >= 15 is 0 Å². The summed E-state index contributed by atoms with van der Waals surface area (Å²) in [6.07, 6.45) is -2.80. The quantitative estimate of drug-likeness (QED) is 0.264. The summed E-state index contributed by atoms with van der Waals surface area (Å²) in [4.78, 5) is 22.7. The van der Waals surface area contributed by atoms with Gasteiger partial charge >= 0.3 is 6.18 Å². The number of hydrogen-bond donors (Lipinski definition) is 0. The van der Waals surface area contributed by atoms with E-state index in [-0.39, 0.29) is 42.2 Å². The third-order valence-electron chi connectivity index (χ3n) is 5.70. The molecule has 1 heterocycles. The second-order valence-corrected chi connectivity index (χ2v) is 8.54. The number of anilines is 1. The van der Waals surface area contributed by atoms with Crippen molar-refractivity contribution in [1.82, 2.24) is 9.97 Å². The minimum absolute atomic E-state index is 0.0882. The SMILES string of the molecule is CN(C)c1ccc2c(Oc3ccc(CC(=O)CCc4ccc(C(F)(F)F)cc4)c(F)c3)ncnc2c1. The van der Waals surface area contributed by atoms with Gasteiger partial charge in [-0.15, -0.1) is 0 Å². The molecule has 9 heteroatoms. The molecule has 0 saturated carbocycles. The average Bonchev–Trinajstić information content (AvgIpc) is 2.84. The molecule has 3 aromatic carbocycles. The van der Waals surface area contributed by atoms with Crippen LogP contribution in [0.25, 0.3) is 10.9 Å². The fraction of sp³-hybridized carbons (Fsp3) is 0.222. The highest BCUT2D eigenvalue weighted by molar-refractivity contribution is 5.86. The van der Waals surface area contributed by atoms with E-state index in [0.29, 0.717) is 16.5 Å². The van der Waals surface area contributed by atoms with Gasteiger partial charge in [-0.1, -0.05) is 18.2 Å². The summed E-state index contributed by atoms with van der Waals surface area (Å²) in [6, 6.07) is 14.5. The molecule has 0 aliphatic rings. The smallest absolute Gasteiger partial charge is 0.416 e. The second-order valence-electron chi connectivity index (χ2n) is 8.54. The van der Waals surface area contributed by atoms with Gasteiger partial charge in [-0.25, -0.2) is 14.4 Å². The number of carbonyl (C=O) groups excluding carboxylic acids is 1. The number of Topliss-reactive ketones (excluding diaryl/α,β-unsaturated/α-hetero) is 1. The molecule has 0 amide bonds. The van der Waals surface area contributed by atoms with Crippen molar-refractivity contribution in [3.8, 4) is 11.6 Å². The Hall–Kier alpha value is -4.01. The first-order chi connectivity index (χ1) is 17.1. The Balaban J connectivity index is 1.39. The molecule has 0 atom stereocenters. The number of aromatic nitrogens is 2. The van der Waals surface area contributed by atoms with Gasteiger partial charge in [0.25, 0.3) is 0 Å². The zero-order chi connectivity index (χ0) is 25.9. The summed E-state index contributed by atoms with van der Waals surface area (Å²) in [5.74, 6) is -0.306. The van der Waals surface area contributed by atoms with Crippen LogP contribution in [0.5, 0.6) is 11.6 Å². The zero-order valence-corrected chi connectivity index (χ0v) is 19.6. The highest BCUT2D eigenvalue weighted by atomic mass is 19.4. The van der Waals surface area contributed by atoms with Crippen LogP contribution >= 0.6 is 0 Å². The molecule has 36 heavy (non-hydrogen) atoms. The molecule has 0 aliphatic carbocycles. The molecule has 0 spiro atoms. The minimum Gasteiger partial charge on any atom is -0.438 e. The lowest BCUT2D eigenvalue weighted by molar-refractivity contribution is -0.137. The maximum absolute atomic E-state index is 14.7. The van der Waals surface area contributed by atoms with Crippen LogP contribution in [0.2, 0.25) is 0 Å². The Bertz CT molecular complexity index is 1390. The van der Waals surface area contributed by atoms with Gasteiger partial charge < -0.3 is 9.64 Å². The molecule has 4 aromatic rings. The van der Waals surface area contributed by atoms with E-state index in [1.807, 2.05) is 37.2 Å². The third kappa shape index (κ3) is 5.97. The van der Waals surface area contributed by atoms with Crippen molar-refractivity contribution in [2.45, 2.75) is 25.4 Å². The molecule has 0 bridgehead atoms. The number of nitrogens with zero attached hydrogens (tertiary/aromatic N) is 3. The lowest BCUT2D eigenvalue weighted by Crippen LogP contribution is -2.08. The summed E-state index contributed by atoms with van der Waals surface area (Å²) in [6.45, 7) is 0. The van der Waals surface area contributed by atoms with Crippen LogP contribution in [0.15, 0.2) is 67.0 Å². The number of ketones is 1. The largest absolute Gasteiger partial charge is 0.438 e. The monoisotopic (exact) mass is 497 g/mol. The number of aryl methyl sites for hydroxylation is 1.